The van der Waals surface area contributed by atoms with Crippen LogP contribution in [0.1, 0.15) is 25.6 Å². The number of fused-ring (bicyclic) bond motifs is 1. The number of aryl methyl sites for hydroxylation is 1. The summed E-state index contributed by atoms with van der Waals surface area (Å²) < 4.78 is 16.0. The minimum atomic E-state index is -0.215. The van der Waals surface area contributed by atoms with Gasteiger partial charge >= 0.3 is 0 Å². The SMILES string of the molecule is CCn1c(CC2CCCNC2)nc2c(F)cccc21. The van der Waals surface area contributed by atoms with Crippen molar-refractivity contribution in [2.75, 3.05) is 13.1 Å². The van der Waals surface area contributed by atoms with Crippen LogP contribution in [0.3, 0.4) is 0 Å². The second-order valence-corrected chi connectivity index (χ2v) is 5.30. The molecule has 1 unspecified atom stereocenters. The average molecular weight is 261 g/mol. The lowest BCUT2D eigenvalue weighted by molar-refractivity contribution is 0.367. The van der Waals surface area contributed by atoms with Crippen LogP contribution in [0.2, 0.25) is 0 Å². The van der Waals surface area contributed by atoms with Crippen molar-refractivity contribution < 1.29 is 4.39 Å². The van der Waals surface area contributed by atoms with Crippen molar-refractivity contribution >= 4 is 11.0 Å². The van der Waals surface area contributed by atoms with E-state index in [2.05, 4.69) is 21.8 Å². The molecule has 0 bridgehead atoms. The van der Waals surface area contributed by atoms with Gasteiger partial charge in [0.2, 0.25) is 0 Å². The Morgan fingerprint density at radius 2 is 2.37 bits per heavy atom. The van der Waals surface area contributed by atoms with E-state index in [-0.39, 0.29) is 5.82 Å². The van der Waals surface area contributed by atoms with Gasteiger partial charge in [-0.25, -0.2) is 9.37 Å². The molecule has 1 aromatic carbocycles. The van der Waals surface area contributed by atoms with Crippen LogP contribution >= 0.6 is 0 Å². The molecule has 3 rings (SSSR count). The standard InChI is InChI=1S/C15H20FN3/c1-2-19-13-7-3-6-12(16)15(13)18-14(19)9-11-5-4-8-17-10-11/h3,6-7,11,17H,2,4-5,8-10H2,1H3. The van der Waals surface area contributed by atoms with Gasteiger partial charge in [-0.3, -0.25) is 0 Å². The van der Waals surface area contributed by atoms with Crippen LogP contribution in [-0.4, -0.2) is 22.6 Å². The molecule has 1 fully saturated rings. The van der Waals surface area contributed by atoms with E-state index < -0.39 is 0 Å². The summed E-state index contributed by atoms with van der Waals surface area (Å²) in [6, 6.07) is 5.20. The molecule has 1 atom stereocenters. The Labute approximate surface area is 112 Å². The van der Waals surface area contributed by atoms with Gasteiger partial charge in [-0.15, -0.1) is 0 Å². The van der Waals surface area contributed by atoms with E-state index in [1.807, 2.05) is 6.07 Å². The molecular weight excluding hydrogens is 241 g/mol. The molecule has 0 saturated carbocycles. The zero-order valence-electron chi connectivity index (χ0n) is 11.3. The van der Waals surface area contributed by atoms with Gasteiger partial charge in [-0.05, 0) is 50.9 Å². The maximum Gasteiger partial charge on any atom is 0.151 e. The molecule has 0 amide bonds. The third-order valence-corrected chi connectivity index (χ3v) is 4.00. The first-order valence-electron chi connectivity index (χ1n) is 7.14. The van der Waals surface area contributed by atoms with Crippen LogP contribution < -0.4 is 5.32 Å². The minimum absolute atomic E-state index is 0.215. The Balaban J connectivity index is 1.95. The summed E-state index contributed by atoms with van der Waals surface area (Å²) in [5, 5.41) is 3.43. The van der Waals surface area contributed by atoms with Gasteiger partial charge in [0.15, 0.2) is 5.82 Å². The highest BCUT2D eigenvalue weighted by atomic mass is 19.1. The predicted octanol–water partition coefficient (Wildman–Crippen LogP) is 2.74. The molecule has 1 aliphatic heterocycles. The van der Waals surface area contributed by atoms with Crippen molar-refractivity contribution in [1.29, 1.82) is 0 Å². The van der Waals surface area contributed by atoms with Crippen LogP contribution in [0.15, 0.2) is 18.2 Å². The fourth-order valence-electron chi connectivity index (χ4n) is 3.03. The lowest BCUT2D eigenvalue weighted by atomic mass is 9.96. The molecule has 4 heteroatoms. The Hall–Kier alpha value is -1.42. The lowest BCUT2D eigenvalue weighted by Crippen LogP contribution is -2.31. The van der Waals surface area contributed by atoms with E-state index in [9.17, 15) is 4.39 Å². The van der Waals surface area contributed by atoms with Gasteiger partial charge in [0, 0.05) is 13.0 Å². The van der Waals surface area contributed by atoms with Gasteiger partial charge in [0.25, 0.3) is 0 Å². The number of halogens is 1. The number of rotatable bonds is 3. The summed E-state index contributed by atoms with van der Waals surface area (Å²) in [6.07, 6.45) is 3.41. The van der Waals surface area contributed by atoms with Crippen LogP contribution in [0.25, 0.3) is 11.0 Å². The zero-order chi connectivity index (χ0) is 13.2. The third-order valence-electron chi connectivity index (χ3n) is 4.00. The summed E-state index contributed by atoms with van der Waals surface area (Å²) in [5.74, 6) is 1.43. The molecule has 0 spiro atoms. The van der Waals surface area contributed by atoms with Gasteiger partial charge < -0.3 is 9.88 Å². The summed E-state index contributed by atoms with van der Waals surface area (Å²) >= 11 is 0. The molecule has 3 nitrogen and oxygen atoms in total. The second-order valence-electron chi connectivity index (χ2n) is 5.30. The highest BCUT2D eigenvalue weighted by Crippen LogP contribution is 2.22. The summed E-state index contributed by atoms with van der Waals surface area (Å²) in [7, 11) is 0. The number of nitrogens with zero attached hydrogens (tertiary/aromatic N) is 2. The number of benzene rings is 1. The quantitative estimate of drug-likeness (QED) is 0.920. The Kier molecular flexibility index (Phi) is 3.51. The molecule has 0 radical (unpaired) electrons. The fourth-order valence-corrected chi connectivity index (χ4v) is 3.03. The largest absolute Gasteiger partial charge is 0.328 e. The maximum atomic E-state index is 13.8. The van der Waals surface area contributed by atoms with E-state index in [1.165, 1.54) is 18.9 Å². The van der Waals surface area contributed by atoms with Crippen LogP contribution in [0.4, 0.5) is 4.39 Å². The molecule has 2 aromatic rings. The van der Waals surface area contributed by atoms with Crippen molar-refractivity contribution in [2.45, 2.75) is 32.7 Å². The van der Waals surface area contributed by atoms with Crippen molar-refractivity contribution in [3.8, 4) is 0 Å². The monoisotopic (exact) mass is 261 g/mol. The first kappa shape index (κ1) is 12.6. The normalized spacial score (nSPS) is 20.0. The molecule has 1 aliphatic rings. The zero-order valence-corrected chi connectivity index (χ0v) is 11.3. The van der Waals surface area contributed by atoms with Gasteiger partial charge in [0.05, 0.1) is 5.52 Å². The van der Waals surface area contributed by atoms with E-state index in [0.29, 0.717) is 11.4 Å². The number of para-hydroxylation sites is 1. The molecule has 2 heterocycles. The average Bonchev–Trinajstić information content (AvgIpc) is 2.79. The Morgan fingerprint density at radius 1 is 1.47 bits per heavy atom. The van der Waals surface area contributed by atoms with Crippen LogP contribution in [0, 0.1) is 11.7 Å². The Morgan fingerprint density at radius 3 is 3.11 bits per heavy atom. The molecule has 1 aromatic heterocycles. The Bertz CT molecular complexity index is 570. The van der Waals surface area contributed by atoms with Gasteiger partial charge in [-0.2, -0.15) is 0 Å². The molecular formula is C15H20FN3. The summed E-state index contributed by atoms with van der Waals surface area (Å²) in [4.78, 5) is 4.54. The molecule has 0 aliphatic carbocycles. The predicted molar refractivity (Wildman–Crippen MR) is 74.7 cm³/mol. The summed E-state index contributed by atoms with van der Waals surface area (Å²) in [5.41, 5.74) is 1.43. The van der Waals surface area contributed by atoms with Gasteiger partial charge in [0.1, 0.15) is 11.3 Å². The number of hydrogen-bond acceptors (Lipinski definition) is 2. The number of nitrogens with one attached hydrogen (secondary N) is 1. The number of aromatic nitrogens is 2. The highest BCUT2D eigenvalue weighted by molar-refractivity contribution is 5.76. The van der Waals surface area contributed by atoms with Crippen LogP contribution in [0.5, 0.6) is 0 Å². The first-order chi connectivity index (χ1) is 9.29. The van der Waals surface area contributed by atoms with E-state index in [0.717, 1.165) is 37.4 Å². The lowest BCUT2D eigenvalue weighted by Gasteiger charge is -2.22. The minimum Gasteiger partial charge on any atom is -0.328 e. The first-order valence-corrected chi connectivity index (χ1v) is 7.14. The summed E-state index contributed by atoms with van der Waals surface area (Å²) in [6.45, 7) is 5.11. The van der Waals surface area contributed by atoms with E-state index in [4.69, 9.17) is 0 Å². The number of piperidine rings is 1. The van der Waals surface area contributed by atoms with Gasteiger partial charge in [-0.1, -0.05) is 6.07 Å². The van der Waals surface area contributed by atoms with Crippen molar-refractivity contribution in [1.82, 2.24) is 14.9 Å². The molecule has 1 saturated heterocycles. The van der Waals surface area contributed by atoms with Crippen LogP contribution in [-0.2, 0) is 13.0 Å². The number of imidazole rings is 1. The smallest absolute Gasteiger partial charge is 0.151 e. The molecule has 1 N–H and O–H groups in total. The molecule has 102 valence electrons. The third kappa shape index (κ3) is 2.37. The van der Waals surface area contributed by atoms with E-state index in [1.54, 1.807) is 6.07 Å². The van der Waals surface area contributed by atoms with Crippen molar-refractivity contribution in [3.05, 3.63) is 29.8 Å². The highest BCUT2D eigenvalue weighted by Gasteiger charge is 2.18. The van der Waals surface area contributed by atoms with Crippen molar-refractivity contribution in [3.63, 3.8) is 0 Å². The topological polar surface area (TPSA) is 29.9 Å². The second kappa shape index (κ2) is 5.29. The maximum absolute atomic E-state index is 13.8. The number of hydrogen-bond donors (Lipinski definition) is 1. The van der Waals surface area contributed by atoms with Crippen molar-refractivity contribution in [2.24, 2.45) is 5.92 Å². The van der Waals surface area contributed by atoms with E-state index >= 15 is 0 Å². The fraction of sp³-hybridized carbons (Fsp3) is 0.533. The molecule has 19 heavy (non-hydrogen) atoms.